The summed E-state index contributed by atoms with van der Waals surface area (Å²) >= 11 is 1.63. The highest BCUT2D eigenvalue weighted by atomic mass is 35.5. The predicted octanol–water partition coefficient (Wildman–Crippen LogP) is 2.83. The minimum absolute atomic E-state index is 0. The summed E-state index contributed by atoms with van der Waals surface area (Å²) < 4.78 is 0. The fourth-order valence-corrected chi connectivity index (χ4v) is 2.63. The van der Waals surface area contributed by atoms with E-state index in [-0.39, 0.29) is 25.1 Å². The SMILES string of the molecule is Cc1ccc(Sc2ncccc2CC(N)CO)cc1.Cl. The molecule has 0 fully saturated rings. The summed E-state index contributed by atoms with van der Waals surface area (Å²) in [5, 5.41) is 10.0. The third-order valence-corrected chi connectivity index (χ3v) is 3.87. The van der Waals surface area contributed by atoms with Crippen molar-refractivity contribution in [2.24, 2.45) is 5.73 Å². The molecule has 3 N–H and O–H groups in total. The standard InChI is InChI=1S/C15H18N2OS.ClH/c1-11-4-6-14(7-5-11)19-15-12(3-2-8-17-15)9-13(16)10-18;/h2-8,13,18H,9-10,16H2,1H3;1H. The molecular formula is C15H19ClN2OS. The molecule has 0 radical (unpaired) electrons. The quantitative estimate of drug-likeness (QED) is 0.891. The Morgan fingerprint density at radius 3 is 2.60 bits per heavy atom. The third-order valence-electron chi connectivity index (χ3n) is 2.80. The number of hydrogen-bond acceptors (Lipinski definition) is 4. The topological polar surface area (TPSA) is 59.1 Å². The molecule has 20 heavy (non-hydrogen) atoms. The molecule has 0 aliphatic heterocycles. The maximum absolute atomic E-state index is 9.06. The van der Waals surface area contributed by atoms with Crippen molar-refractivity contribution in [3.8, 4) is 0 Å². The number of aliphatic hydroxyl groups excluding tert-OH is 1. The first-order valence-corrected chi connectivity index (χ1v) is 7.05. The lowest BCUT2D eigenvalue weighted by Crippen LogP contribution is -2.27. The second-order valence-electron chi connectivity index (χ2n) is 4.53. The molecule has 0 bridgehead atoms. The number of aromatic nitrogens is 1. The highest BCUT2D eigenvalue weighted by molar-refractivity contribution is 7.99. The molecule has 0 spiro atoms. The van der Waals surface area contributed by atoms with E-state index in [0.29, 0.717) is 6.42 Å². The van der Waals surface area contributed by atoms with Crippen LogP contribution in [0.5, 0.6) is 0 Å². The number of hydrogen-bond donors (Lipinski definition) is 2. The molecule has 2 rings (SSSR count). The van der Waals surface area contributed by atoms with Crippen LogP contribution in [0.15, 0.2) is 52.5 Å². The summed E-state index contributed by atoms with van der Waals surface area (Å²) in [6.07, 6.45) is 2.42. The third kappa shape index (κ3) is 4.80. The molecule has 2 aromatic rings. The van der Waals surface area contributed by atoms with Crippen LogP contribution < -0.4 is 5.73 Å². The van der Waals surface area contributed by atoms with Crippen molar-refractivity contribution in [3.63, 3.8) is 0 Å². The van der Waals surface area contributed by atoms with Crippen LogP contribution in [0.1, 0.15) is 11.1 Å². The largest absolute Gasteiger partial charge is 0.395 e. The van der Waals surface area contributed by atoms with Crippen LogP contribution in [-0.2, 0) is 6.42 Å². The Hall–Kier alpha value is -1.07. The molecule has 108 valence electrons. The minimum Gasteiger partial charge on any atom is -0.395 e. The first-order chi connectivity index (χ1) is 9.19. The smallest absolute Gasteiger partial charge is 0.104 e. The van der Waals surface area contributed by atoms with Crippen molar-refractivity contribution < 1.29 is 5.11 Å². The Morgan fingerprint density at radius 1 is 1.25 bits per heavy atom. The lowest BCUT2D eigenvalue weighted by Gasteiger charge is -2.11. The van der Waals surface area contributed by atoms with Crippen molar-refractivity contribution in [1.29, 1.82) is 0 Å². The summed E-state index contributed by atoms with van der Waals surface area (Å²) in [5.41, 5.74) is 8.12. The summed E-state index contributed by atoms with van der Waals surface area (Å²) in [5.74, 6) is 0. The molecule has 0 amide bonds. The Labute approximate surface area is 130 Å². The monoisotopic (exact) mass is 310 g/mol. The van der Waals surface area contributed by atoms with E-state index >= 15 is 0 Å². The van der Waals surface area contributed by atoms with Gasteiger partial charge in [0.15, 0.2) is 0 Å². The Bertz CT molecular complexity index is 534. The summed E-state index contributed by atoms with van der Waals surface area (Å²) in [6, 6.07) is 12.0. The second kappa shape index (κ2) is 8.27. The first kappa shape index (κ1) is 17.0. The van der Waals surface area contributed by atoms with Gasteiger partial charge < -0.3 is 10.8 Å². The summed E-state index contributed by atoms with van der Waals surface area (Å²) in [4.78, 5) is 5.57. The van der Waals surface area contributed by atoms with Crippen LogP contribution >= 0.6 is 24.2 Å². The molecule has 1 atom stereocenters. The Balaban J connectivity index is 0.00000200. The van der Waals surface area contributed by atoms with Gasteiger partial charge in [0.2, 0.25) is 0 Å². The molecule has 1 heterocycles. The zero-order valence-electron chi connectivity index (χ0n) is 11.3. The fraction of sp³-hybridized carbons (Fsp3) is 0.267. The predicted molar refractivity (Wildman–Crippen MR) is 85.6 cm³/mol. The van der Waals surface area contributed by atoms with Crippen LogP contribution in [0, 0.1) is 6.92 Å². The van der Waals surface area contributed by atoms with Gasteiger partial charge in [0.25, 0.3) is 0 Å². The van der Waals surface area contributed by atoms with Crippen LogP contribution in [0.4, 0.5) is 0 Å². The number of halogens is 1. The van der Waals surface area contributed by atoms with E-state index < -0.39 is 0 Å². The summed E-state index contributed by atoms with van der Waals surface area (Å²) in [6.45, 7) is 2.06. The van der Waals surface area contributed by atoms with E-state index in [1.165, 1.54) is 5.56 Å². The number of pyridine rings is 1. The molecule has 1 unspecified atom stereocenters. The molecule has 0 aliphatic rings. The Morgan fingerprint density at radius 2 is 1.95 bits per heavy atom. The van der Waals surface area contributed by atoms with E-state index in [1.54, 1.807) is 18.0 Å². The van der Waals surface area contributed by atoms with Gasteiger partial charge in [-0.1, -0.05) is 35.5 Å². The highest BCUT2D eigenvalue weighted by Crippen LogP contribution is 2.29. The van der Waals surface area contributed by atoms with Crippen molar-refractivity contribution in [1.82, 2.24) is 4.98 Å². The lowest BCUT2D eigenvalue weighted by atomic mass is 10.1. The molecule has 1 aromatic heterocycles. The molecule has 0 saturated heterocycles. The van der Waals surface area contributed by atoms with Gasteiger partial charge in [0.05, 0.1) is 6.61 Å². The average molecular weight is 311 g/mol. The van der Waals surface area contributed by atoms with Crippen molar-refractivity contribution in [2.45, 2.75) is 29.3 Å². The van der Waals surface area contributed by atoms with Crippen LogP contribution in [-0.4, -0.2) is 22.7 Å². The van der Waals surface area contributed by atoms with Crippen LogP contribution in [0.3, 0.4) is 0 Å². The maximum Gasteiger partial charge on any atom is 0.104 e. The second-order valence-corrected chi connectivity index (χ2v) is 5.59. The van der Waals surface area contributed by atoms with Gasteiger partial charge in [-0.2, -0.15) is 0 Å². The number of nitrogens with zero attached hydrogens (tertiary/aromatic N) is 1. The molecule has 3 nitrogen and oxygen atoms in total. The van der Waals surface area contributed by atoms with Crippen LogP contribution in [0.25, 0.3) is 0 Å². The summed E-state index contributed by atoms with van der Waals surface area (Å²) in [7, 11) is 0. The number of nitrogens with two attached hydrogens (primary N) is 1. The van der Waals surface area contributed by atoms with E-state index in [9.17, 15) is 0 Å². The maximum atomic E-state index is 9.06. The van der Waals surface area contributed by atoms with Gasteiger partial charge >= 0.3 is 0 Å². The van der Waals surface area contributed by atoms with Crippen molar-refractivity contribution in [2.75, 3.05) is 6.61 Å². The van der Waals surface area contributed by atoms with Crippen molar-refractivity contribution >= 4 is 24.2 Å². The zero-order chi connectivity index (χ0) is 13.7. The molecule has 0 saturated carbocycles. The van der Waals surface area contributed by atoms with E-state index in [2.05, 4.69) is 36.2 Å². The van der Waals surface area contributed by atoms with Gasteiger partial charge in [-0.05, 0) is 37.1 Å². The zero-order valence-corrected chi connectivity index (χ0v) is 13.0. The molecule has 0 aliphatic carbocycles. The number of rotatable bonds is 5. The van der Waals surface area contributed by atoms with Gasteiger partial charge in [-0.25, -0.2) is 4.98 Å². The van der Waals surface area contributed by atoms with Gasteiger partial charge in [-0.3, -0.25) is 0 Å². The van der Waals surface area contributed by atoms with Gasteiger partial charge in [0.1, 0.15) is 5.03 Å². The number of aliphatic hydroxyl groups is 1. The normalized spacial score (nSPS) is 11.8. The van der Waals surface area contributed by atoms with Crippen LogP contribution in [0.2, 0.25) is 0 Å². The van der Waals surface area contributed by atoms with Gasteiger partial charge in [0, 0.05) is 17.1 Å². The van der Waals surface area contributed by atoms with Crippen molar-refractivity contribution in [3.05, 3.63) is 53.7 Å². The fourth-order valence-electron chi connectivity index (χ4n) is 1.74. The minimum atomic E-state index is -0.235. The first-order valence-electron chi connectivity index (χ1n) is 6.24. The molecule has 1 aromatic carbocycles. The number of aryl methyl sites for hydroxylation is 1. The van der Waals surface area contributed by atoms with E-state index in [0.717, 1.165) is 15.5 Å². The van der Waals surface area contributed by atoms with E-state index in [4.69, 9.17) is 10.8 Å². The molecule has 5 heteroatoms. The Kier molecular flexibility index (Phi) is 7.02. The van der Waals surface area contributed by atoms with E-state index in [1.807, 2.05) is 12.1 Å². The lowest BCUT2D eigenvalue weighted by molar-refractivity contribution is 0.265. The number of benzene rings is 1. The molecular weight excluding hydrogens is 292 g/mol. The van der Waals surface area contributed by atoms with Gasteiger partial charge in [-0.15, -0.1) is 12.4 Å². The highest BCUT2D eigenvalue weighted by Gasteiger charge is 2.09. The average Bonchev–Trinajstić information content (AvgIpc) is 2.43.